The van der Waals surface area contributed by atoms with Crippen LogP contribution < -0.4 is 0 Å². The zero-order chi connectivity index (χ0) is 19.1. The molecule has 0 spiro atoms. The van der Waals surface area contributed by atoms with Gasteiger partial charge in [0.05, 0.1) is 6.61 Å². The number of hydrogen-bond acceptors (Lipinski definition) is 6. The number of ether oxygens (including phenoxy) is 2. The fourth-order valence-corrected chi connectivity index (χ4v) is 3.69. The number of piperidine rings is 1. The van der Waals surface area contributed by atoms with Crippen molar-refractivity contribution in [2.24, 2.45) is 11.8 Å². The van der Waals surface area contributed by atoms with Crippen molar-refractivity contribution < 1.29 is 14.3 Å². The van der Waals surface area contributed by atoms with Crippen LogP contribution in [0.4, 0.5) is 4.79 Å². The van der Waals surface area contributed by atoms with E-state index in [1.807, 2.05) is 25.7 Å². The van der Waals surface area contributed by atoms with Crippen molar-refractivity contribution in [2.45, 2.75) is 58.9 Å². The van der Waals surface area contributed by atoms with Gasteiger partial charge in [0.25, 0.3) is 0 Å². The molecule has 148 valence electrons. The Morgan fingerprint density at radius 3 is 2.38 bits per heavy atom. The van der Waals surface area contributed by atoms with Gasteiger partial charge in [-0.15, -0.1) is 0 Å². The summed E-state index contributed by atoms with van der Waals surface area (Å²) in [6.07, 6.45) is 4.71. The minimum absolute atomic E-state index is 0.0174. The highest BCUT2D eigenvalue weighted by Gasteiger charge is 2.30. The summed E-state index contributed by atoms with van der Waals surface area (Å²) in [4.78, 5) is 16.3. The second kappa shape index (κ2) is 9.90. The highest BCUT2D eigenvalue weighted by atomic mass is 16.6. The third-order valence-electron chi connectivity index (χ3n) is 5.38. The van der Waals surface area contributed by atoms with Gasteiger partial charge in [-0.25, -0.2) is 4.79 Å². The summed E-state index contributed by atoms with van der Waals surface area (Å²) >= 11 is 0. The molecular weight excluding hydrogens is 332 g/mol. The first-order valence-corrected chi connectivity index (χ1v) is 9.92. The molecule has 26 heavy (non-hydrogen) atoms. The summed E-state index contributed by atoms with van der Waals surface area (Å²) in [6, 6.07) is 0.499. The largest absolute Gasteiger partial charge is 0.450 e. The molecule has 2 rings (SSSR count). The van der Waals surface area contributed by atoms with Gasteiger partial charge in [-0.05, 0) is 52.1 Å². The molecule has 7 heteroatoms. The Morgan fingerprint density at radius 2 is 1.77 bits per heavy atom. The number of amides is 1. The summed E-state index contributed by atoms with van der Waals surface area (Å²) in [5.41, 5.74) is 0. The summed E-state index contributed by atoms with van der Waals surface area (Å²) < 4.78 is 10.5. The number of carbonyl (C=O) groups is 1. The molecule has 0 radical (unpaired) electrons. The SMILES string of the molecule is CCOC(=O)N1CCCC(N2CCC(C(=N)OC(=N)C(C)C)CC2)CC1. The molecule has 1 atom stereocenters. The molecule has 0 aromatic carbocycles. The minimum atomic E-state index is -0.190. The van der Waals surface area contributed by atoms with Gasteiger partial charge in [0, 0.05) is 31.0 Å². The molecule has 0 saturated carbocycles. The Morgan fingerprint density at radius 1 is 1.08 bits per heavy atom. The highest BCUT2D eigenvalue weighted by molar-refractivity contribution is 5.90. The number of likely N-dealkylation sites (tertiary alicyclic amines) is 2. The van der Waals surface area contributed by atoms with E-state index in [0.717, 1.165) is 58.3 Å². The van der Waals surface area contributed by atoms with Crippen molar-refractivity contribution in [1.82, 2.24) is 9.80 Å². The predicted molar refractivity (Wildman–Crippen MR) is 102 cm³/mol. The second-order valence-corrected chi connectivity index (χ2v) is 7.57. The molecular formula is C19H34N4O3. The summed E-state index contributed by atoms with van der Waals surface area (Å²) in [5.74, 6) is 0.564. The Labute approximate surface area is 157 Å². The van der Waals surface area contributed by atoms with E-state index in [4.69, 9.17) is 20.3 Å². The van der Waals surface area contributed by atoms with Gasteiger partial charge in [0.2, 0.25) is 0 Å². The van der Waals surface area contributed by atoms with Gasteiger partial charge in [0.15, 0.2) is 11.8 Å². The average molecular weight is 367 g/mol. The van der Waals surface area contributed by atoms with Crippen molar-refractivity contribution in [3.05, 3.63) is 0 Å². The van der Waals surface area contributed by atoms with Crippen LogP contribution in [0.2, 0.25) is 0 Å². The minimum Gasteiger partial charge on any atom is -0.450 e. The number of rotatable bonds is 4. The van der Waals surface area contributed by atoms with Gasteiger partial charge in [-0.3, -0.25) is 10.8 Å². The molecule has 0 aliphatic carbocycles. The maximum absolute atomic E-state index is 11.9. The lowest BCUT2D eigenvalue weighted by molar-refractivity contribution is 0.104. The van der Waals surface area contributed by atoms with E-state index >= 15 is 0 Å². The second-order valence-electron chi connectivity index (χ2n) is 7.57. The van der Waals surface area contributed by atoms with Crippen LogP contribution >= 0.6 is 0 Å². The Kier molecular flexibility index (Phi) is 7.87. The Bertz CT molecular complexity index is 501. The van der Waals surface area contributed by atoms with E-state index in [2.05, 4.69) is 4.90 Å². The number of hydrogen-bond donors (Lipinski definition) is 2. The van der Waals surface area contributed by atoms with Crippen molar-refractivity contribution >= 4 is 17.9 Å². The van der Waals surface area contributed by atoms with Gasteiger partial charge in [-0.2, -0.15) is 0 Å². The normalized spacial score (nSPS) is 22.8. The molecule has 2 saturated heterocycles. The van der Waals surface area contributed by atoms with Crippen LogP contribution in [0.3, 0.4) is 0 Å². The van der Waals surface area contributed by atoms with E-state index in [1.165, 1.54) is 0 Å². The molecule has 2 heterocycles. The fourth-order valence-electron chi connectivity index (χ4n) is 3.69. The van der Waals surface area contributed by atoms with E-state index in [0.29, 0.717) is 12.6 Å². The third-order valence-corrected chi connectivity index (χ3v) is 5.38. The smallest absolute Gasteiger partial charge is 0.409 e. The first kappa shape index (κ1) is 20.7. The first-order valence-electron chi connectivity index (χ1n) is 9.92. The van der Waals surface area contributed by atoms with Gasteiger partial charge >= 0.3 is 6.09 Å². The summed E-state index contributed by atoms with van der Waals surface area (Å²) in [5, 5.41) is 15.9. The Balaban J connectivity index is 1.78. The highest BCUT2D eigenvalue weighted by Crippen LogP contribution is 2.25. The molecule has 0 aromatic rings. The van der Waals surface area contributed by atoms with Crippen LogP contribution in [0, 0.1) is 22.7 Å². The van der Waals surface area contributed by atoms with Crippen LogP contribution in [0.1, 0.15) is 52.9 Å². The zero-order valence-electron chi connectivity index (χ0n) is 16.4. The molecule has 2 N–H and O–H groups in total. The molecule has 7 nitrogen and oxygen atoms in total. The Hall–Kier alpha value is -1.63. The van der Waals surface area contributed by atoms with Gasteiger partial charge < -0.3 is 19.3 Å². The molecule has 0 aromatic heterocycles. The summed E-state index contributed by atoms with van der Waals surface area (Å²) in [6.45, 7) is 9.52. The monoisotopic (exact) mass is 366 g/mol. The molecule has 1 unspecified atom stereocenters. The van der Waals surface area contributed by atoms with E-state index in [-0.39, 0.29) is 29.7 Å². The molecule has 0 bridgehead atoms. The molecule has 2 aliphatic rings. The van der Waals surface area contributed by atoms with Crippen LogP contribution in [-0.4, -0.2) is 66.5 Å². The molecule has 2 fully saturated rings. The number of nitrogens with zero attached hydrogens (tertiary/aromatic N) is 2. The van der Waals surface area contributed by atoms with Crippen LogP contribution in [0.25, 0.3) is 0 Å². The quantitative estimate of drug-likeness (QED) is 0.590. The fraction of sp³-hybridized carbons (Fsp3) is 0.842. The van der Waals surface area contributed by atoms with Crippen LogP contribution in [0.15, 0.2) is 0 Å². The summed E-state index contributed by atoms with van der Waals surface area (Å²) in [7, 11) is 0. The van der Waals surface area contributed by atoms with E-state index < -0.39 is 0 Å². The topological polar surface area (TPSA) is 89.7 Å². The van der Waals surface area contributed by atoms with E-state index in [1.54, 1.807) is 0 Å². The van der Waals surface area contributed by atoms with Crippen molar-refractivity contribution in [1.29, 1.82) is 10.8 Å². The number of carbonyl (C=O) groups excluding carboxylic acids is 1. The lowest BCUT2D eigenvalue weighted by Crippen LogP contribution is -2.43. The number of nitrogens with one attached hydrogen (secondary N) is 2. The van der Waals surface area contributed by atoms with Crippen molar-refractivity contribution in [2.75, 3.05) is 32.8 Å². The standard InChI is InChI=1S/C19H34N4O3/c1-4-25-19(24)23-10-5-6-16(9-13-23)22-11-7-15(8-12-22)18(21)26-17(20)14(2)3/h14-16,20-21H,4-13H2,1-3H3. The lowest BCUT2D eigenvalue weighted by Gasteiger charge is -2.37. The van der Waals surface area contributed by atoms with Crippen LogP contribution in [0.5, 0.6) is 0 Å². The molecule has 2 aliphatic heterocycles. The van der Waals surface area contributed by atoms with Gasteiger partial charge in [0.1, 0.15) is 0 Å². The molecule has 1 amide bonds. The van der Waals surface area contributed by atoms with E-state index in [9.17, 15) is 4.79 Å². The van der Waals surface area contributed by atoms with Crippen LogP contribution in [-0.2, 0) is 9.47 Å². The lowest BCUT2D eigenvalue weighted by atomic mass is 9.94. The van der Waals surface area contributed by atoms with Gasteiger partial charge in [-0.1, -0.05) is 13.8 Å². The average Bonchev–Trinajstić information content (AvgIpc) is 2.88. The van der Waals surface area contributed by atoms with Crippen molar-refractivity contribution in [3.63, 3.8) is 0 Å². The predicted octanol–water partition coefficient (Wildman–Crippen LogP) is 3.34. The maximum atomic E-state index is 11.9. The van der Waals surface area contributed by atoms with Crippen molar-refractivity contribution in [3.8, 4) is 0 Å². The maximum Gasteiger partial charge on any atom is 0.409 e. The zero-order valence-corrected chi connectivity index (χ0v) is 16.4. The third kappa shape index (κ3) is 5.69. The first-order chi connectivity index (χ1) is 12.4.